The number of ether oxygens (including phenoxy) is 1. The molecule has 2 aromatic heterocycles. The summed E-state index contributed by atoms with van der Waals surface area (Å²) in [5, 5.41) is 4.51. The molecule has 0 fully saturated rings. The van der Waals surface area contributed by atoms with Gasteiger partial charge in [0.2, 0.25) is 0 Å². The molecule has 4 rings (SSSR count). The number of unbranched alkanes of at least 4 members (excludes halogenated alkanes) is 3. The van der Waals surface area contributed by atoms with E-state index in [0.717, 1.165) is 46.3 Å². The van der Waals surface area contributed by atoms with Crippen LogP contribution in [-0.2, 0) is 0 Å². The highest BCUT2D eigenvalue weighted by molar-refractivity contribution is 7.21. The monoisotopic (exact) mass is 417 g/mol. The Labute approximate surface area is 182 Å². The second-order valence-electron chi connectivity index (χ2n) is 7.37. The molecular formula is C25H27N3OS. The maximum absolute atomic E-state index is 5.85. The van der Waals surface area contributed by atoms with Crippen LogP contribution in [-0.4, -0.2) is 16.6 Å². The summed E-state index contributed by atoms with van der Waals surface area (Å²) in [7, 11) is 0. The van der Waals surface area contributed by atoms with Gasteiger partial charge in [0.15, 0.2) is 0 Å². The van der Waals surface area contributed by atoms with Crippen LogP contribution in [0.4, 0.5) is 11.5 Å². The molecule has 0 aliphatic carbocycles. The van der Waals surface area contributed by atoms with Crippen LogP contribution >= 0.6 is 11.3 Å². The number of hydrogen-bond acceptors (Lipinski definition) is 5. The predicted molar refractivity (Wildman–Crippen MR) is 127 cm³/mol. The third-order valence-electron chi connectivity index (χ3n) is 4.95. The lowest BCUT2D eigenvalue weighted by Gasteiger charge is -2.10. The predicted octanol–water partition coefficient (Wildman–Crippen LogP) is 7.37. The lowest BCUT2D eigenvalue weighted by atomic mass is 10.2. The molecule has 0 atom stereocenters. The van der Waals surface area contributed by atoms with Gasteiger partial charge in [-0.15, -0.1) is 11.3 Å². The lowest BCUT2D eigenvalue weighted by Crippen LogP contribution is -1.99. The second-order valence-corrected chi connectivity index (χ2v) is 8.40. The van der Waals surface area contributed by atoms with Crippen LogP contribution in [0.2, 0.25) is 0 Å². The maximum atomic E-state index is 5.85. The van der Waals surface area contributed by atoms with Crippen molar-refractivity contribution in [3.8, 4) is 16.2 Å². The molecule has 1 N–H and O–H groups in total. The number of thiophene rings is 1. The zero-order valence-electron chi connectivity index (χ0n) is 17.5. The first kappa shape index (κ1) is 20.4. The van der Waals surface area contributed by atoms with Gasteiger partial charge < -0.3 is 10.1 Å². The summed E-state index contributed by atoms with van der Waals surface area (Å²) in [6.07, 6.45) is 4.85. The van der Waals surface area contributed by atoms with Crippen LogP contribution in [0.5, 0.6) is 5.75 Å². The highest BCUT2D eigenvalue weighted by Gasteiger charge is 2.12. The third-order valence-corrected chi connectivity index (χ3v) is 6.02. The first-order valence-electron chi connectivity index (χ1n) is 10.6. The van der Waals surface area contributed by atoms with Gasteiger partial charge in [0.05, 0.1) is 12.0 Å². The van der Waals surface area contributed by atoms with Gasteiger partial charge in [0.1, 0.15) is 22.2 Å². The molecule has 0 radical (unpaired) electrons. The molecule has 2 aromatic carbocycles. The molecule has 0 unspecified atom stereocenters. The minimum atomic E-state index is 0.762. The Morgan fingerprint density at radius 2 is 1.73 bits per heavy atom. The van der Waals surface area contributed by atoms with Gasteiger partial charge in [-0.25, -0.2) is 9.97 Å². The summed E-state index contributed by atoms with van der Waals surface area (Å²) in [5.74, 6) is 2.51. The number of hydrogen-bond donors (Lipinski definition) is 1. The van der Waals surface area contributed by atoms with Crippen molar-refractivity contribution >= 4 is 33.1 Å². The van der Waals surface area contributed by atoms with Gasteiger partial charge in [-0.05, 0) is 49.2 Å². The molecule has 2 heterocycles. The number of aryl methyl sites for hydroxylation is 1. The molecule has 0 spiro atoms. The Kier molecular flexibility index (Phi) is 6.60. The largest absolute Gasteiger partial charge is 0.494 e. The van der Waals surface area contributed by atoms with Crippen LogP contribution in [0.15, 0.2) is 60.7 Å². The van der Waals surface area contributed by atoms with Crippen molar-refractivity contribution in [2.45, 2.75) is 39.5 Å². The van der Waals surface area contributed by atoms with Crippen molar-refractivity contribution in [1.29, 1.82) is 0 Å². The molecule has 0 amide bonds. The van der Waals surface area contributed by atoms with Gasteiger partial charge in [-0.2, -0.15) is 0 Å². The average molecular weight is 418 g/mol. The van der Waals surface area contributed by atoms with Crippen LogP contribution < -0.4 is 10.1 Å². The standard InChI is InChI=1S/C25H27N3OS/c1-3-4-5-9-16-29-21-14-12-20(13-15-21)28-24-22-17-23(19-10-7-6-8-11-19)30-25(22)27-18(2)26-24/h6-8,10-15,17H,3-5,9,16H2,1-2H3,(H,26,27,28). The SMILES string of the molecule is CCCCCCOc1ccc(Nc2nc(C)nc3sc(-c4ccccc4)cc23)cc1. The quantitative estimate of drug-likeness (QED) is 0.289. The minimum Gasteiger partial charge on any atom is -0.494 e. The molecule has 154 valence electrons. The van der Waals surface area contributed by atoms with Crippen molar-refractivity contribution in [3.63, 3.8) is 0 Å². The maximum Gasteiger partial charge on any atom is 0.142 e. The highest BCUT2D eigenvalue weighted by Crippen LogP contribution is 2.36. The molecule has 5 heteroatoms. The molecular weight excluding hydrogens is 390 g/mol. The van der Waals surface area contributed by atoms with Crippen molar-refractivity contribution in [1.82, 2.24) is 9.97 Å². The van der Waals surface area contributed by atoms with Gasteiger partial charge in [0, 0.05) is 10.6 Å². The summed E-state index contributed by atoms with van der Waals surface area (Å²) in [5.41, 5.74) is 2.18. The number of nitrogens with one attached hydrogen (secondary N) is 1. The Balaban J connectivity index is 1.50. The fourth-order valence-corrected chi connectivity index (χ4v) is 4.44. The fourth-order valence-electron chi connectivity index (χ4n) is 3.36. The second kappa shape index (κ2) is 9.72. The molecule has 0 saturated heterocycles. The summed E-state index contributed by atoms with van der Waals surface area (Å²) < 4.78 is 5.85. The fraction of sp³-hybridized carbons (Fsp3) is 0.280. The van der Waals surface area contributed by atoms with Gasteiger partial charge in [0.25, 0.3) is 0 Å². The van der Waals surface area contributed by atoms with Gasteiger partial charge in [-0.3, -0.25) is 0 Å². The Bertz CT molecular complexity index is 1090. The Hall–Kier alpha value is -2.92. The number of aromatic nitrogens is 2. The zero-order chi connectivity index (χ0) is 20.8. The van der Waals surface area contributed by atoms with E-state index in [2.05, 4.69) is 52.5 Å². The summed E-state index contributed by atoms with van der Waals surface area (Å²) >= 11 is 1.70. The number of fused-ring (bicyclic) bond motifs is 1. The Morgan fingerprint density at radius 1 is 0.933 bits per heavy atom. The normalized spacial score (nSPS) is 11.0. The van der Waals surface area contributed by atoms with Crippen LogP contribution in [0, 0.1) is 6.92 Å². The topological polar surface area (TPSA) is 47.0 Å². The molecule has 0 bridgehead atoms. The molecule has 0 aliphatic heterocycles. The van der Waals surface area contributed by atoms with E-state index in [9.17, 15) is 0 Å². The van der Waals surface area contributed by atoms with Crippen LogP contribution in [0.1, 0.15) is 38.4 Å². The average Bonchev–Trinajstić information content (AvgIpc) is 3.20. The minimum absolute atomic E-state index is 0.762. The first-order valence-corrected chi connectivity index (χ1v) is 11.4. The lowest BCUT2D eigenvalue weighted by molar-refractivity contribution is 0.305. The van der Waals surface area contributed by atoms with E-state index in [-0.39, 0.29) is 0 Å². The zero-order valence-corrected chi connectivity index (χ0v) is 18.3. The summed E-state index contributed by atoms with van der Waals surface area (Å²) in [4.78, 5) is 11.5. The van der Waals surface area contributed by atoms with E-state index in [0.29, 0.717) is 0 Å². The number of nitrogens with zero attached hydrogens (tertiary/aromatic N) is 2. The summed E-state index contributed by atoms with van der Waals surface area (Å²) in [6.45, 7) is 4.93. The van der Waals surface area contributed by atoms with E-state index < -0.39 is 0 Å². The smallest absolute Gasteiger partial charge is 0.142 e. The van der Waals surface area contributed by atoms with E-state index in [1.807, 2.05) is 37.3 Å². The van der Waals surface area contributed by atoms with E-state index in [4.69, 9.17) is 4.74 Å². The van der Waals surface area contributed by atoms with Crippen molar-refractivity contribution in [2.75, 3.05) is 11.9 Å². The molecule has 0 aliphatic rings. The van der Waals surface area contributed by atoms with E-state index in [1.165, 1.54) is 29.7 Å². The van der Waals surface area contributed by atoms with Gasteiger partial charge >= 0.3 is 0 Å². The van der Waals surface area contributed by atoms with Crippen LogP contribution in [0.3, 0.4) is 0 Å². The van der Waals surface area contributed by atoms with E-state index in [1.54, 1.807) is 11.3 Å². The van der Waals surface area contributed by atoms with Crippen molar-refractivity contribution in [3.05, 3.63) is 66.5 Å². The number of benzene rings is 2. The molecule has 0 saturated carbocycles. The highest BCUT2D eigenvalue weighted by atomic mass is 32.1. The molecule has 4 aromatic rings. The number of rotatable bonds is 9. The first-order chi connectivity index (χ1) is 14.7. The van der Waals surface area contributed by atoms with Crippen molar-refractivity contribution < 1.29 is 4.74 Å². The molecule has 30 heavy (non-hydrogen) atoms. The third kappa shape index (κ3) is 4.97. The molecule has 4 nitrogen and oxygen atoms in total. The summed E-state index contributed by atoms with van der Waals surface area (Å²) in [6, 6.07) is 20.7. The number of anilines is 2. The van der Waals surface area contributed by atoms with Crippen LogP contribution in [0.25, 0.3) is 20.7 Å². The Morgan fingerprint density at radius 3 is 2.50 bits per heavy atom. The van der Waals surface area contributed by atoms with Gasteiger partial charge in [-0.1, -0.05) is 56.5 Å². The van der Waals surface area contributed by atoms with E-state index >= 15 is 0 Å². The van der Waals surface area contributed by atoms with Crippen molar-refractivity contribution in [2.24, 2.45) is 0 Å².